The van der Waals surface area contributed by atoms with E-state index >= 15 is 0 Å². The zero-order valence-corrected chi connectivity index (χ0v) is 14.5. The molecule has 0 aromatic heterocycles. The van der Waals surface area contributed by atoms with Gasteiger partial charge in [-0.2, -0.15) is 0 Å². The minimum atomic E-state index is -1.54. The third-order valence-corrected chi connectivity index (χ3v) is 3.75. The van der Waals surface area contributed by atoms with Crippen molar-refractivity contribution in [1.82, 2.24) is 5.32 Å². The Labute approximate surface area is 159 Å². The molecule has 2 aromatic rings. The number of phenols is 1. The number of carboxylic acid groups (broad SMARTS) is 2. The number of carbonyl (C=O) groups is 4. The molecule has 0 spiro atoms. The number of benzene rings is 2. The van der Waals surface area contributed by atoms with Gasteiger partial charge in [0.1, 0.15) is 24.1 Å². The molecule has 0 aliphatic heterocycles. The van der Waals surface area contributed by atoms with Crippen molar-refractivity contribution < 1.29 is 39.2 Å². The van der Waals surface area contributed by atoms with Gasteiger partial charge in [-0.1, -0.05) is 18.2 Å². The molecule has 1 amide bonds. The van der Waals surface area contributed by atoms with Gasteiger partial charge in [-0.25, -0.2) is 4.79 Å². The van der Waals surface area contributed by atoms with E-state index < -0.39 is 30.3 Å². The molecule has 28 heavy (non-hydrogen) atoms. The highest BCUT2D eigenvalue weighted by molar-refractivity contribution is 5.97. The Kier molecular flexibility index (Phi) is 6.69. The summed E-state index contributed by atoms with van der Waals surface area (Å²) in [5.41, 5.74) is 0.819. The molecule has 2 aromatic carbocycles. The second-order valence-electron chi connectivity index (χ2n) is 5.75. The van der Waals surface area contributed by atoms with Crippen LogP contribution >= 0.6 is 0 Å². The summed E-state index contributed by atoms with van der Waals surface area (Å²) < 4.78 is 5.50. The number of rotatable bonds is 9. The summed E-state index contributed by atoms with van der Waals surface area (Å²) >= 11 is 0. The lowest BCUT2D eigenvalue weighted by Gasteiger charge is -2.13. The van der Waals surface area contributed by atoms with Crippen LogP contribution in [0.15, 0.2) is 42.5 Å². The van der Waals surface area contributed by atoms with Crippen molar-refractivity contribution in [1.29, 1.82) is 0 Å². The van der Waals surface area contributed by atoms with E-state index in [1.165, 1.54) is 30.3 Å². The second-order valence-corrected chi connectivity index (χ2v) is 5.75. The van der Waals surface area contributed by atoms with Crippen LogP contribution in [0.2, 0.25) is 0 Å². The average Bonchev–Trinajstić information content (AvgIpc) is 2.65. The largest absolute Gasteiger partial charge is 0.507 e. The molecule has 146 valence electrons. The van der Waals surface area contributed by atoms with Gasteiger partial charge in [0.05, 0.1) is 12.0 Å². The van der Waals surface area contributed by atoms with Gasteiger partial charge in [-0.3, -0.25) is 14.4 Å². The monoisotopic (exact) mass is 387 g/mol. The Morgan fingerprint density at radius 1 is 1.07 bits per heavy atom. The number of amides is 1. The van der Waals surface area contributed by atoms with Gasteiger partial charge in [-0.15, -0.1) is 0 Å². The number of aliphatic carboxylic acids is 2. The molecule has 0 unspecified atom stereocenters. The predicted molar refractivity (Wildman–Crippen MR) is 95.4 cm³/mol. The van der Waals surface area contributed by atoms with E-state index in [4.69, 9.17) is 14.9 Å². The predicted octanol–water partition coefficient (Wildman–Crippen LogP) is 1.44. The fraction of sp³-hybridized carbons (Fsp3) is 0.158. The number of aldehydes is 1. The maximum absolute atomic E-state index is 12.1. The summed E-state index contributed by atoms with van der Waals surface area (Å²) in [4.78, 5) is 44.8. The summed E-state index contributed by atoms with van der Waals surface area (Å²) in [5, 5.41) is 29.4. The fourth-order valence-corrected chi connectivity index (χ4v) is 2.31. The molecule has 9 nitrogen and oxygen atoms in total. The second kappa shape index (κ2) is 9.17. The lowest BCUT2D eigenvalue weighted by atomic mass is 10.1. The Hall–Kier alpha value is -3.88. The number of nitrogens with one attached hydrogen (secondary N) is 1. The maximum Gasteiger partial charge on any atom is 0.326 e. The van der Waals surface area contributed by atoms with E-state index in [-0.39, 0.29) is 29.2 Å². The molecule has 9 heteroatoms. The van der Waals surface area contributed by atoms with Gasteiger partial charge in [0, 0.05) is 5.56 Å². The molecule has 0 saturated carbocycles. The van der Waals surface area contributed by atoms with Crippen LogP contribution in [0, 0.1) is 0 Å². The molecule has 0 radical (unpaired) electrons. The highest BCUT2D eigenvalue weighted by atomic mass is 16.5. The zero-order chi connectivity index (χ0) is 20.7. The molecule has 0 fully saturated rings. The topological polar surface area (TPSA) is 150 Å². The van der Waals surface area contributed by atoms with Crippen LogP contribution in [0.4, 0.5) is 0 Å². The Morgan fingerprint density at radius 3 is 2.32 bits per heavy atom. The van der Waals surface area contributed by atoms with E-state index in [9.17, 15) is 24.3 Å². The summed E-state index contributed by atoms with van der Waals surface area (Å²) in [6.07, 6.45) is -0.260. The Morgan fingerprint density at radius 2 is 1.75 bits per heavy atom. The van der Waals surface area contributed by atoms with Crippen LogP contribution in [-0.2, 0) is 16.2 Å². The molecule has 0 aliphatic carbocycles. The van der Waals surface area contributed by atoms with Gasteiger partial charge in [0.15, 0.2) is 6.29 Å². The SMILES string of the molecule is O=Cc1c(O)cccc1OCc1ccc(C(=O)N[C@@H](CC(=O)O)C(=O)O)cc1. The van der Waals surface area contributed by atoms with E-state index in [1.807, 2.05) is 0 Å². The lowest BCUT2D eigenvalue weighted by molar-refractivity contribution is -0.145. The first-order valence-electron chi connectivity index (χ1n) is 8.06. The van der Waals surface area contributed by atoms with E-state index in [0.29, 0.717) is 11.8 Å². The zero-order valence-electron chi connectivity index (χ0n) is 14.5. The minimum absolute atomic E-state index is 0.0247. The van der Waals surface area contributed by atoms with E-state index in [0.717, 1.165) is 0 Å². The molecular weight excluding hydrogens is 370 g/mol. The summed E-state index contributed by atoms with van der Waals surface area (Å²) in [5.74, 6) is -3.51. The van der Waals surface area contributed by atoms with E-state index in [1.54, 1.807) is 12.1 Å². The van der Waals surface area contributed by atoms with Crippen LogP contribution in [0.5, 0.6) is 11.5 Å². The molecule has 0 heterocycles. The minimum Gasteiger partial charge on any atom is -0.507 e. The average molecular weight is 387 g/mol. The standard InChI is InChI=1S/C19H17NO8/c21-9-13-15(22)2-1-3-16(13)28-10-11-4-6-12(7-5-11)18(25)20-14(19(26)27)8-17(23)24/h1-7,9,14,22H,8,10H2,(H,20,25)(H,23,24)(H,26,27)/t14-/m0/s1. The molecule has 1 atom stereocenters. The molecular formula is C19H17NO8. The molecule has 2 rings (SSSR count). The van der Waals surface area contributed by atoms with Crippen molar-refractivity contribution >= 4 is 24.1 Å². The quantitative estimate of drug-likeness (QED) is 0.472. The number of carbonyl (C=O) groups excluding carboxylic acids is 2. The summed E-state index contributed by atoms with van der Waals surface area (Å²) in [6, 6.07) is 8.85. The summed E-state index contributed by atoms with van der Waals surface area (Å²) in [6.45, 7) is 0.0585. The Bertz CT molecular complexity index is 891. The van der Waals surface area contributed by atoms with Gasteiger partial charge < -0.3 is 25.4 Å². The van der Waals surface area contributed by atoms with Crippen LogP contribution in [0.1, 0.15) is 32.7 Å². The summed E-state index contributed by atoms with van der Waals surface area (Å²) in [7, 11) is 0. The van der Waals surface area contributed by atoms with Crippen molar-refractivity contribution in [2.24, 2.45) is 0 Å². The van der Waals surface area contributed by atoms with Crippen molar-refractivity contribution in [2.45, 2.75) is 19.1 Å². The number of ether oxygens (including phenoxy) is 1. The van der Waals surface area contributed by atoms with Gasteiger partial charge >= 0.3 is 11.9 Å². The lowest BCUT2D eigenvalue weighted by Crippen LogP contribution is -2.42. The van der Waals surface area contributed by atoms with Crippen LogP contribution in [0.3, 0.4) is 0 Å². The van der Waals surface area contributed by atoms with Gasteiger partial charge in [-0.05, 0) is 29.8 Å². The third kappa shape index (κ3) is 5.31. The number of phenolic OH excluding ortho intramolecular Hbond substituents is 1. The van der Waals surface area contributed by atoms with Crippen LogP contribution < -0.4 is 10.1 Å². The maximum atomic E-state index is 12.1. The number of carboxylic acids is 2. The third-order valence-electron chi connectivity index (χ3n) is 3.75. The first kappa shape index (κ1) is 20.4. The molecule has 0 bridgehead atoms. The molecule has 0 saturated heterocycles. The highest BCUT2D eigenvalue weighted by Crippen LogP contribution is 2.26. The van der Waals surface area contributed by atoms with Crippen LogP contribution in [-0.4, -0.2) is 45.5 Å². The smallest absolute Gasteiger partial charge is 0.326 e. The first-order chi connectivity index (χ1) is 13.3. The number of hydrogen-bond acceptors (Lipinski definition) is 6. The number of hydrogen-bond donors (Lipinski definition) is 4. The molecule has 0 aliphatic rings. The van der Waals surface area contributed by atoms with Crippen molar-refractivity contribution in [3.63, 3.8) is 0 Å². The van der Waals surface area contributed by atoms with Crippen molar-refractivity contribution in [3.8, 4) is 11.5 Å². The number of aromatic hydroxyl groups is 1. The fourth-order valence-electron chi connectivity index (χ4n) is 2.31. The molecule has 4 N–H and O–H groups in total. The van der Waals surface area contributed by atoms with E-state index in [2.05, 4.69) is 5.32 Å². The van der Waals surface area contributed by atoms with Crippen molar-refractivity contribution in [2.75, 3.05) is 0 Å². The Balaban J connectivity index is 2.02. The first-order valence-corrected chi connectivity index (χ1v) is 8.06. The highest BCUT2D eigenvalue weighted by Gasteiger charge is 2.23. The van der Waals surface area contributed by atoms with Crippen LogP contribution in [0.25, 0.3) is 0 Å². The normalized spacial score (nSPS) is 11.3. The van der Waals surface area contributed by atoms with Gasteiger partial charge in [0.2, 0.25) is 0 Å². The van der Waals surface area contributed by atoms with Gasteiger partial charge in [0.25, 0.3) is 5.91 Å². The van der Waals surface area contributed by atoms with Crippen molar-refractivity contribution in [3.05, 3.63) is 59.2 Å².